The summed E-state index contributed by atoms with van der Waals surface area (Å²) >= 11 is 0. The van der Waals surface area contributed by atoms with E-state index in [4.69, 9.17) is 0 Å². The molecule has 1 aromatic carbocycles. The highest BCUT2D eigenvalue weighted by Gasteiger charge is 2.30. The minimum Gasteiger partial charge on any atom is -0.371 e. The zero-order valence-corrected chi connectivity index (χ0v) is 14.3. The third kappa shape index (κ3) is 2.04. The minimum atomic E-state index is 0.163. The van der Waals surface area contributed by atoms with Gasteiger partial charge in [0, 0.05) is 41.2 Å². The summed E-state index contributed by atoms with van der Waals surface area (Å²) in [5, 5.41) is 1.44. The standard InChI is InChI=1S/C20H26N2/c1-13-11-17(20(2,3)4)21-18-15-8-6-10-22-9-5-7-14(19(15)22)12-16(13)18/h11-12H,5-10H2,1-4H3/p+1. The Hall–Kier alpha value is -1.57. The number of aromatic nitrogens is 1. The topological polar surface area (TPSA) is 17.4 Å². The number of aryl methyl sites for hydroxylation is 3. The van der Waals surface area contributed by atoms with E-state index in [1.165, 1.54) is 60.9 Å². The van der Waals surface area contributed by atoms with E-state index in [1.807, 2.05) is 0 Å². The highest BCUT2D eigenvalue weighted by Crippen LogP contribution is 2.39. The van der Waals surface area contributed by atoms with Crippen LogP contribution in [-0.4, -0.2) is 13.1 Å². The number of anilines is 1. The molecule has 116 valence electrons. The molecule has 1 N–H and O–H groups in total. The minimum absolute atomic E-state index is 0.163. The van der Waals surface area contributed by atoms with E-state index in [2.05, 4.69) is 49.7 Å². The molecular weight excluding hydrogens is 268 g/mol. The molecule has 0 unspecified atom stereocenters. The van der Waals surface area contributed by atoms with Crippen molar-refractivity contribution in [2.24, 2.45) is 0 Å². The summed E-state index contributed by atoms with van der Waals surface area (Å²) < 4.78 is 0. The van der Waals surface area contributed by atoms with E-state index in [0.717, 1.165) is 0 Å². The van der Waals surface area contributed by atoms with Crippen molar-refractivity contribution in [2.45, 2.75) is 58.8 Å². The van der Waals surface area contributed by atoms with Crippen LogP contribution in [0, 0.1) is 6.92 Å². The molecule has 2 heteroatoms. The summed E-state index contributed by atoms with van der Waals surface area (Å²) in [5.41, 5.74) is 9.04. The quantitative estimate of drug-likeness (QED) is 0.719. The van der Waals surface area contributed by atoms with Crippen LogP contribution in [0.5, 0.6) is 0 Å². The van der Waals surface area contributed by atoms with Gasteiger partial charge in [-0.15, -0.1) is 0 Å². The Kier molecular flexibility index (Phi) is 3.01. The summed E-state index contributed by atoms with van der Waals surface area (Å²) in [6.07, 6.45) is 5.06. The number of nitrogens with zero attached hydrogens (tertiary/aromatic N) is 1. The molecule has 0 saturated heterocycles. The molecule has 0 radical (unpaired) electrons. The van der Waals surface area contributed by atoms with Crippen LogP contribution in [-0.2, 0) is 18.3 Å². The predicted octanol–water partition coefficient (Wildman–Crippen LogP) is 3.96. The lowest BCUT2D eigenvalue weighted by Crippen LogP contribution is -2.35. The van der Waals surface area contributed by atoms with Crippen molar-refractivity contribution >= 4 is 16.6 Å². The number of H-pyrrole nitrogens is 1. The zero-order chi connectivity index (χ0) is 15.5. The van der Waals surface area contributed by atoms with E-state index >= 15 is 0 Å². The molecule has 22 heavy (non-hydrogen) atoms. The molecule has 3 heterocycles. The summed E-state index contributed by atoms with van der Waals surface area (Å²) in [7, 11) is 0. The Balaban J connectivity index is 2.06. The maximum Gasteiger partial charge on any atom is 0.216 e. The molecule has 1 aromatic heterocycles. The molecule has 0 fully saturated rings. The Morgan fingerprint density at radius 3 is 2.50 bits per heavy atom. The first-order chi connectivity index (χ1) is 10.4. The Bertz CT molecular complexity index is 751. The van der Waals surface area contributed by atoms with Crippen LogP contribution in [0.25, 0.3) is 10.9 Å². The summed E-state index contributed by atoms with van der Waals surface area (Å²) in [5.74, 6) is 0. The number of hydrogen-bond donors (Lipinski definition) is 0. The van der Waals surface area contributed by atoms with Crippen LogP contribution in [0.2, 0.25) is 0 Å². The van der Waals surface area contributed by atoms with Gasteiger partial charge in [0.25, 0.3) is 0 Å². The second-order valence-electron chi connectivity index (χ2n) is 8.10. The first kappa shape index (κ1) is 14.0. The molecule has 2 aromatic rings. The molecule has 0 saturated carbocycles. The average Bonchev–Trinajstić information content (AvgIpc) is 2.47. The molecule has 2 aliphatic heterocycles. The fraction of sp³-hybridized carbons (Fsp3) is 0.550. The Morgan fingerprint density at radius 2 is 1.77 bits per heavy atom. The largest absolute Gasteiger partial charge is 0.371 e. The average molecular weight is 295 g/mol. The highest BCUT2D eigenvalue weighted by atomic mass is 15.1. The van der Waals surface area contributed by atoms with Crippen molar-refractivity contribution < 1.29 is 4.98 Å². The molecule has 2 nitrogen and oxygen atoms in total. The van der Waals surface area contributed by atoms with Gasteiger partial charge < -0.3 is 4.90 Å². The normalized spacial score (nSPS) is 17.7. The van der Waals surface area contributed by atoms with Crippen LogP contribution in [0.15, 0.2) is 12.1 Å². The van der Waals surface area contributed by atoms with Crippen molar-refractivity contribution in [3.63, 3.8) is 0 Å². The number of rotatable bonds is 0. The maximum atomic E-state index is 3.81. The van der Waals surface area contributed by atoms with Crippen molar-refractivity contribution in [3.05, 3.63) is 34.5 Å². The van der Waals surface area contributed by atoms with Crippen molar-refractivity contribution in [1.29, 1.82) is 0 Å². The SMILES string of the molecule is Cc1cc(C(C)(C)C)[nH+]c2c3c4c(cc12)CCCN4CCC3. The lowest BCUT2D eigenvalue weighted by Gasteiger charge is -2.36. The third-order valence-electron chi connectivity index (χ3n) is 5.38. The molecule has 0 atom stereocenters. The monoisotopic (exact) mass is 295 g/mol. The fourth-order valence-electron chi connectivity index (χ4n) is 4.18. The molecule has 0 spiro atoms. The van der Waals surface area contributed by atoms with Gasteiger partial charge in [-0.3, -0.25) is 0 Å². The first-order valence-electron chi connectivity index (χ1n) is 8.72. The molecular formula is C20H27N2+. The highest BCUT2D eigenvalue weighted by molar-refractivity contribution is 5.89. The van der Waals surface area contributed by atoms with Gasteiger partial charge in [0.15, 0.2) is 5.69 Å². The Morgan fingerprint density at radius 1 is 1.05 bits per heavy atom. The number of fused-ring (bicyclic) bond motifs is 2. The van der Waals surface area contributed by atoms with Crippen LogP contribution in [0.1, 0.15) is 56.0 Å². The van der Waals surface area contributed by atoms with Crippen LogP contribution in [0.4, 0.5) is 5.69 Å². The van der Waals surface area contributed by atoms with Crippen molar-refractivity contribution in [2.75, 3.05) is 18.0 Å². The number of benzene rings is 1. The molecule has 0 amide bonds. The van der Waals surface area contributed by atoms with Crippen LogP contribution >= 0.6 is 0 Å². The Labute approximate surface area is 133 Å². The molecule has 0 aliphatic carbocycles. The van der Waals surface area contributed by atoms with Gasteiger partial charge >= 0.3 is 0 Å². The lowest BCUT2D eigenvalue weighted by molar-refractivity contribution is -0.365. The van der Waals surface area contributed by atoms with Gasteiger partial charge in [0.2, 0.25) is 5.52 Å². The molecule has 2 aliphatic rings. The molecule has 4 rings (SSSR count). The van der Waals surface area contributed by atoms with Gasteiger partial charge in [0.05, 0.1) is 0 Å². The van der Waals surface area contributed by atoms with Crippen molar-refractivity contribution in [3.8, 4) is 0 Å². The lowest BCUT2D eigenvalue weighted by atomic mass is 9.86. The van der Waals surface area contributed by atoms with E-state index in [1.54, 1.807) is 16.8 Å². The van der Waals surface area contributed by atoms with Crippen LogP contribution in [0.3, 0.4) is 0 Å². The van der Waals surface area contributed by atoms with Crippen molar-refractivity contribution in [1.82, 2.24) is 0 Å². The van der Waals surface area contributed by atoms with Gasteiger partial charge in [-0.2, -0.15) is 0 Å². The number of pyridine rings is 1. The van der Waals surface area contributed by atoms with E-state index in [0.29, 0.717) is 0 Å². The summed E-state index contributed by atoms with van der Waals surface area (Å²) in [4.78, 5) is 6.43. The van der Waals surface area contributed by atoms with Gasteiger partial charge in [-0.25, -0.2) is 4.98 Å². The number of aromatic amines is 1. The zero-order valence-electron chi connectivity index (χ0n) is 14.3. The summed E-state index contributed by atoms with van der Waals surface area (Å²) in [6.45, 7) is 11.6. The van der Waals surface area contributed by atoms with Gasteiger partial charge in [-0.1, -0.05) is 20.8 Å². The second-order valence-corrected chi connectivity index (χ2v) is 8.10. The number of nitrogens with one attached hydrogen (secondary N) is 1. The second kappa shape index (κ2) is 4.71. The van der Waals surface area contributed by atoms with Gasteiger partial charge in [0.1, 0.15) is 0 Å². The van der Waals surface area contributed by atoms with Gasteiger partial charge in [-0.05, 0) is 49.8 Å². The fourth-order valence-corrected chi connectivity index (χ4v) is 4.18. The van der Waals surface area contributed by atoms with E-state index < -0.39 is 0 Å². The smallest absolute Gasteiger partial charge is 0.216 e. The van der Waals surface area contributed by atoms with E-state index in [-0.39, 0.29) is 5.41 Å². The molecule has 0 bridgehead atoms. The number of hydrogen-bond acceptors (Lipinski definition) is 1. The van der Waals surface area contributed by atoms with Crippen LogP contribution < -0.4 is 9.88 Å². The summed E-state index contributed by atoms with van der Waals surface area (Å²) in [6, 6.07) is 4.81. The first-order valence-corrected chi connectivity index (χ1v) is 8.72. The predicted molar refractivity (Wildman–Crippen MR) is 92.8 cm³/mol. The van der Waals surface area contributed by atoms with E-state index in [9.17, 15) is 0 Å². The third-order valence-corrected chi connectivity index (χ3v) is 5.38. The maximum absolute atomic E-state index is 3.81.